The van der Waals surface area contributed by atoms with E-state index in [1.807, 2.05) is 0 Å². The lowest BCUT2D eigenvalue weighted by molar-refractivity contribution is -0.119. The highest BCUT2D eigenvalue weighted by Crippen LogP contribution is 2.17. The van der Waals surface area contributed by atoms with E-state index < -0.39 is 0 Å². The highest BCUT2D eigenvalue weighted by molar-refractivity contribution is 5.80. The van der Waals surface area contributed by atoms with Gasteiger partial charge in [0.1, 0.15) is 17.9 Å². The van der Waals surface area contributed by atoms with Gasteiger partial charge in [-0.15, -0.1) is 0 Å². The van der Waals surface area contributed by atoms with Crippen molar-refractivity contribution in [2.75, 3.05) is 13.2 Å². The first kappa shape index (κ1) is 10.3. The Labute approximate surface area is 88.4 Å². The van der Waals surface area contributed by atoms with Crippen LogP contribution < -0.4 is 0 Å². The molecule has 82 valence electrons. The number of Topliss-reactive ketones (excluding diaryl/α,β-unsaturated/α-hetero) is 1. The minimum Gasteiger partial charge on any atom is -0.381 e. The number of rotatable bonds is 4. The van der Waals surface area contributed by atoms with Crippen molar-refractivity contribution in [1.82, 2.24) is 14.8 Å². The number of hydrogen-bond donors (Lipinski definition) is 0. The molecular weight excluding hydrogens is 194 g/mol. The zero-order chi connectivity index (χ0) is 10.7. The van der Waals surface area contributed by atoms with E-state index in [1.54, 1.807) is 11.7 Å². The van der Waals surface area contributed by atoms with Gasteiger partial charge in [0.25, 0.3) is 0 Å². The van der Waals surface area contributed by atoms with Crippen LogP contribution in [0.25, 0.3) is 0 Å². The van der Waals surface area contributed by atoms with Gasteiger partial charge in [-0.25, -0.2) is 4.98 Å². The third-order valence-electron chi connectivity index (χ3n) is 2.70. The fourth-order valence-electron chi connectivity index (χ4n) is 1.79. The van der Waals surface area contributed by atoms with E-state index in [0.717, 1.165) is 25.5 Å². The first-order valence-corrected chi connectivity index (χ1v) is 5.18. The lowest BCUT2D eigenvalue weighted by Gasteiger charge is -2.05. The molecule has 0 saturated carbocycles. The van der Waals surface area contributed by atoms with Crippen LogP contribution in [0.2, 0.25) is 0 Å². The molecule has 1 aromatic heterocycles. The highest BCUT2D eigenvalue weighted by Gasteiger charge is 2.19. The molecule has 0 amide bonds. The van der Waals surface area contributed by atoms with Crippen LogP contribution >= 0.6 is 0 Å². The van der Waals surface area contributed by atoms with E-state index in [0.29, 0.717) is 18.8 Å². The molecule has 1 saturated heterocycles. The maximum atomic E-state index is 11.7. The van der Waals surface area contributed by atoms with E-state index in [-0.39, 0.29) is 5.78 Å². The van der Waals surface area contributed by atoms with Gasteiger partial charge < -0.3 is 4.74 Å². The molecular formula is C10H15N3O2. The maximum Gasteiger partial charge on any atom is 0.140 e. The second kappa shape index (κ2) is 4.53. The van der Waals surface area contributed by atoms with Gasteiger partial charge in [0, 0.05) is 26.7 Å². The van der Waals surface area contributed by atoms with Crippen LogP contribution in [0.5, 0.6) is 0 Å². The van der Waals surface area contributed by atoms with Crippen LogP contribution in [0.15, 0.2) is 6.33 Å². The molecule has 0 aliphatic carbocycles. The fourth-order valence-corrected chi connectivity index (χ4v) is 1.79. The largest absolute Gasteiger partial charge is 0.381 e. The Morgan fingerprint density at radius 2 is 2.60 bits per heavy atom. The van der Waals surface area contributed by atoms with Crippen LogP contribution in [-0.2, 0) is 23.0 Å². The molecule has 1 aliphatic rings. The number of ketones is 1. The van der Waals surface area contributed by atoms with Gasteiger partial charge in [0.15, 0.2) is 0 Å². The average molecular weight is 209 g/mol. The van der Waals surface area contributed by atoms with Crippen molar-refractivity contribution in [2.24, 2.45) is 13.0 Å². The number of carbonyl (C=O) groups excluding carboxylic acids is 1. The fraction of sp³-hybridized carbons (Fsp3) is 0.700. The van der Waals surface area contributed by atoms with Crippen molar-refractivity contribution in [3.8, 4) is 0 Å². The van der Waals surface area contributed by atoms with Gasteiger partial charge in [-0.2, -0.15) is 5.10 Å². The number of carbonyl (C=O) groups is 1. The van der Waals surface area contributed by atoms with Crippen molar-refractivity contribution in [3.63, 3.8) is 0 Å². The summed E-state index contributed by atoms with van der Waals surface area (Å²) in [4.78, 5) is 15.7. The summed E-state index contributed by atoms with van der Waals surface area (Å²) in [6.45, 7) is 1.52. The van der Waals surface area contributed by atoms with Gasteiger partial charge in [-0.1, -0.05) is 0 Å². The standard InChI is InChI=1S/C10H15N3O2/c1-13-10(11-7-12-13)5-9(14)4-8-2-3-15-6-8/h7-8H,2-6H2,1H3. The zero-order valence-corrected chi connectivity index (χ0v) is 8.85. The molecule has 1 atom stereocenters. The quantitative estimate of drug-likeness (QED) is 0.718. The number of aryl methyl sites for hydroxylation is 1. The monoisotopic (exact) mass is 209 g/mol. The van der Waals surface area contributed by atoms with Crippen LogP contribution in [0, 0.1) is 5.92 Å². The number of nitrogens with zero attached hydrogens (tertiary/aromatic N) is 3. The summed E-state index contributed by atoms with van der Waals surface area (Å²) in [6.07, 6.45) is 3.46. The summed E-state index contributed by atoms with van der Waals surface area (Å²) in [6, 6.07) is 0. The van der Waals surface area contributed by atoms with E-state index in [2.05, 4.69) is 10.1 Å². The lowest BCUT2D eigenvalue weighted by Crippen LogP contribution is -2.13. The van der Waals surface area contributed by atoms with Crippen LogP contribution in [-0.4, -0.2) is 33.8 Å². The van der Waals surface area contributed by atoms with Crippen molar-refractivity contribution >= 4 is 5.78 Å². The van der Waals surface area contributed by atoms with E-state index in [1.165, 1.54) is 6.33 Å². The third kappa shape index (κ3) is 2.62. The number of ether oxygens (including phenoxy) is 1. The predicted molar refractivity (Wildman–Crippen MR) is 53.3 cm³/mol. The second-order valence-corrected chi connectivity index (χ2v) is 3.95. The molecule has 5 nitrogen and oxygen atoms in total. The summed E-state index contributed by atoms with van der Waals surface area (Å²) < 4.78 is 6.87. The molecule has 0 aromatic carbocycles. The van der Waals surface area contributed by atoms with Crippen molar-refractivity contribution in [1.29, 1.82) is 0 Å². The Bertz CT molecular complexity index is 342. The molecule has 0 spiro atoms. The molecule has 1 unspecified atom stereocenters. The lowest BCUT2D eigenvalue weighted by atomic mass is 10.0. The van der Waals surface area contributed by atoms with Crippen LogP contribution in [0.4, 0.5) is 0 Å². The van der Waals surface area contributed by atoms with E-state index in [9.17, 15) is 4.79 Å². The molecule has 2 rings (SSSR count). The molecule has 2 heterocycles. The Hall–Kier alpha value is -1.23. The topological polar surface area (TPSA) is 57.0 Å². The maximum absolute atomic E-state index is 11.7. The Morgan fingerprint density at radius 1 is 1.73 bits per heavy atom. The average Bonchev–Trinajstić information content (AvgIpc) is 2.79. The van der Waals surface area contributed by atoms with E-state index >= 15 is 0 Å². The van der Waals surface area contributed by atoms with Gasteiger partial charge in [0.05, 0.1) is 6.42 Å². The van der Waals surface area contributed by atoms with Crippen molar-refractivity contribution in [2.45, 2.75) is 19.3 Å². The van der Waals surface area contributed by atoms with Crippen molar-refractivity contribution in [3.05, 3.63) is 12.2 Å². The molecule has 0 N–H and O–H groups in total. The highest BCUT2D eigenvalue weighted by atomic mass is 16.5. The van der Waals surface area contributed by atoms with Gasteiger partial charge >= 0.3 is 0 Å². The molecule has 0 bridgehead atoms. The van der Waals surface area contributed by atoms with Gasteiger partial charge in [-0.05, 0) is 12.3 Å². The Morgan fingerprint density at radius 3 is 3.20 bits per heavy atom. The Balaban J connectivity index is 1.84. The summed E-state index contributed by atoms with van der Waals surface area (Å²) >= 11 is 0. The van der Waals surface area contributed by atoms with Gasteiger partial charge in [-0.3, -0.25) is 9.48 Å². The molecule has 0 radical (unpaired) electrons. The number of hydrogen-bond acceptors (Lipinski definition) is 4. The first-order chi connectivity index (χ1) is 7.25. The summed E-state index contributed by atoms with van der Waals surface area (Å²) in [5, 5.41) is 3.93. The molecule has 1 aromatic rings. The number of aromatic nitrogens is 3. The van der Waals surface area contributed by atoms with Gasteiger partial charge in [0.2, 0.25) is 0 Å². The molecule has 15 heavy (non-hydrogen) atoms. The summed E-state index contributed by atoms with van der Waals surface area (Å²) in [5.41, 5.74) is 0. The first-order valence-electron chi connectivity index (χ1n) is 5.18. The van der Waals surface area contributed by atoms with Crippen LogP contribution in [0.1, 0.15) is 18.7 Å². The third-order valence-corrected chi connectivity index (χ3v) is 2.70. The minimum absolute atomic E-state index is 0.224. The predicted octanol–water partition coefficient (Wildman–Crippen LogP) is 0.353. The minimum atomic E-state index is 0.224. The molecule has 5 heteroatoms. The molecule has 1 fully saturated rings. The Kier molecular flexibility index (Phi) is 3.11. The summed E-state index contributed by atoms with van der Waals surface area (Å²) in [7, 11) is 1.80. The molecule has 1 aliphatic heterocycles. The second-order valence-electron chi connectivity index (χ2n) is 3.95. The SMILES string of the molecule is Cn1ncnc1CC(=O)CC1CCOC1. The normalized spacial score (nSPS) is 20.7. The van der Waals surface area contributed by atoms with Crippen molar-refractivity contribution < 1.29 is 9.53 Å². The summed E-state index contributed by atoms with van der Waals surface area (Å²) in [5.74, 6) is 1.37. The van der Waals surface area contributed by atoms with E-state index in [4.69, 9.17) is 4.74 Å². The smallest absolute Gasteiger partial charge is 0.140 e. The van der Waals surface area contributed by atoms with Crippen LogP contribution in [0.3, 0.4) is 0 Å². The zero-order valence-electron chi connectivity index (χ0n) is 8.85.